The van der Waals surface area contributed by atoms with Crippen molar-refractivity contribution in [3.63, 3.8) is 0 Å². The van der Waals surface area contributed by atoms with Crippen molar-refractivity contribution in [2.24, 2.45) is 0 Å². The summed E-state index contributed by atoms with van der Waals surface area (Å²) in [7, 11) is 0. The van der Waals surface area contributed by atoms with E-state index in [1.807, 2.05) is 55.5 Å². The van der Waals surface area contributed by atoms with Crippen molar-refractivity contribution in [2.75, 3.05) is 0 Å². The zero-order valence-corrected chi connectivity index (χ0v) is 20.2. The van der Waals surface area contributed by atoms with Crippen molar-refractivity contribution >= 4 is 35.0 Å². The van der Waals surface area contributed by atoms with Gasteiger partial charge in [-0.15, -0.1) is 0 Å². The number of carbonyl (C=O) groups is 2. The molecule has 6 heteroatoms. The van der Waals surface area contributed by atoms with Gasteiger partial charge in [0.25, 0.3) is 0 Å². The lowest BCUT2D eigenvalue weighted by Gasteiger charge is -2.33. The summed E-state index contributed by atoms with van der Waals surface area (Å²) in [5.74, 6) is -0.107. The topological polar surface area (TPSA) is 49.4 Å². The average molecular weight is 475 g/mol. The highest BCUT2D eigenvalue weighted by molar-refractivity contribution is 6.31. The zero-order chi connectivity index (χ0) is 22.9. The van der Waals surface area contributed by atoms with E-state index in [-0.39, 0.29) is 17.9 Å². The van der Waals surface area contributed by atoms with Gasteiger partial charge < -0.3 is 10.2 Å². The molecule has 2 aromatic carbocycles. The zero-order valence-electron chi connectivity index (χ0n) is 18.7. The third-order valence-electron chi connectivity index (χ3n) is 6.17. The van der Waals surface area contributed by atoms with Gasteiger partial charge in [0.1, 0.15) is 6.04 Å². The molecule has 4 nitrogen and oxygen atoms in total. The van der Waals surface area contributed by atoms with E-state index in [0.717, 1.165) is 36.8 Å². The van der Waals surface area contributed by atoms with E-state index in [0.29, 0.717) is 35.9 Å². The molecule has 172 valence electrons. The molecule has 1 saturated carbocycles. The van der Waals surface area contributed by atoms with E-state index < -0.39 is 6.04 Å². The second-order valence-electron chi connectivity index (χ2n) is 8.51. The first kappa shape index (κ1) is 24.6. The molecule has 0 heterocycles. The van der Waals surface area contributed by atoms with Gasteiger partial charge in [-0.1, -0.05) is 79.7 Å². The molecule has 1 aliphatic rings. The second-order valence-corrected chi connectivity index (χ2v) is 9.35. The first-order chi connectivity index (χ1) is 15.5. The molecule has 0 aliphatic heterocycles. The van der Waals surface area contributed by atoms with Gasteiger partial charge >= 0.3 is 0 Å². The molecular formula is C26H32Cl2N2O2. The molecule has 1 atom stereocenters. The van der Waals surface area contributed by atoms with Crippen molar-refractivity contribution in [1.29, 1.82) is 0 Å². The van der Waals surface area contributed by atoms with Crippen LogP contribution in [0.1, 0.15) is 63.0 Å². The minimum atomic E-state index is -0.508. The van der Waals surface area contributed by atoms with E-state index in [1.165, 1.54) is 6.42 Å². The summed E-state index contributed by atoms with van der Waals surface area (Å²) < 4.78 is 0. The van der Waals surface area contributed by atoms with Crippen LogP contribution in [-0.4, -0.2) is 28.8 Å². The average Bonchev–Trinajstić information content (AvgIpc) is 2.80. The molecule has 3 rings (SSSR count). The Morgan fingerprint density at radius 1 is 1.03 bits per heavy atom. The first-order valence-corrected chi connectivity index (χ1v) is 12.3. The van der Waals surface area contributed by atoms with Crippen molar-refractivity contribution in [1.82, 2.24) is 10.2 Å². The fourth-order valence-electron chi connectivity index (χ4n) is 4.34. The molecule has 2 aromatic rings. The van der Waals surface area contributed by atoms with Crippen LogP contribution >= 0.6 is 23.2 Å². The monoisotopic (exact) mass is 474 g/mol. The van der Waals surface area contributed by atoms with Crippen LogP contribution in [0.25, 0.3) is 0 Å². The summed E-state index contributed by atoms with van der Waals surface area (Å²) in [4.78, 5) is 28.3. The molecule has 1 fully saturated rings. The Hall–Kier alpha value is -2.04. The quantitative estimate of drug-likeness (QED) is 0.471. The van der Waals surface area contributed by atoms with Gasteiger partial charge in [0.05, 0.1) is 0 Å². The van der Waals surface area contributed by atoms with E-state index >= 15 is 0 Å². The summed E-state index contributed by atoms with van der Waals surface area (Å²) in [6.45, 7) is 2.33. The standard InChI is InChI=1S/C26H32Cl2N2O2/c1-2-24(26(32)29-22-9-4-3-5-10-22)30(18-19-12-15-21(27)16-13-19)25(31)17-14-20-8-6-7-11-23(20)28/h6-8,11-13,15-16,22,24H,2-5,9-10,14,17-18H2,1H3,(H,29,32)/t24-/m0/s1. The number of rotatable bonds is 9. The van der Waals surface area contributed by atoms with Crippen LogP contribution < -0.4 is 5.32 Å². The predicted octanol–water partition coefficient (Wildman–Crippen LogP) is 6.18. The summed E-state index contributed by atoms with van der Waals surface area (Å²) in [5, 5.41) is 4.51. The number of aryl methyl sites for hydroxylation is 1. The van der Waals surface area contributed by atoms with Gasteiger partial charge in [-0.3, -0.25) is 9.59 Å². The van der Waals surface area contributed by atoms with Crippen LogP contribution in [-0.2, 0) is 22.6 Å². The number of carbonyl (C=O) groups excluding carboxylic acids is 2. The predicted molar refractivity (Wildman–Crippen MR) is 131 cm³/mol. The van der Waals surface area contributed by atoms with Gasteiger partial charge in [-0.25, -0.2) is 0 Å². The summed E-state index contributed by atoms with van der Waals surface area (Å²) in [6, 6.07) is 14.7. The lowest BCUT2D eigenvalue weighted by molar-refractivity contribution is -0.141. The highest BCUT2D eigenvalue weighted by Gasteiger charge is 2.30. The van der Waals surface area contributed by atoms with Crippen LogP contribution in [0.5, 0.6) is 0 Å². The Morgan fingerprint density at radius 2 is 1.72 bits per heavy atom. The normalized spacial score (nSPS) is 15.2. The van der Waals surface area contributed by atoms with E-state index in [2.05, 4.69) is 5.32 Å². The number of halogens is 2. The molecule has 0 saturated heterocycles. The minimum Gasteiger partial charge on any atom is -0.352 e. The van der Waals surface area contributed by atoms with E-state index in [9.17, 15) is 9.59 Å². The minimum absolute atomic E-state index is 0.0505. The maximum Gasteiger partial charge on any atom is 0.243 e. The van der Waals surface area contributed by atoms with E-state index in [1.54, 1.807) is 4.90 Å². The number of amides is 2. The van der Waals surface area contributed by atoms with Crippen molar-refractivity contribution < 1.29 is 9.59 Å². The highest BCUT2D eigenvalue weighted by Crippen LogP contribution is 2.21. The van der Waals surface area contributed by atoms with Gasteiger partial charge in [-0.2, -0.15) is 0 Å². The maximum absolute atomic E-state index is 13.4. The Labute approximate surface area is 201 Å². The molecule has 0 unspecified atom stereocenters. The van der Waals surface area contributed by atoms with Crippen LogP contribution in [0.4, 0.5) is 0 Å². The maximum atomic E-state index is 13.4. The lowest BCUT2D eigenvalue weighted by atomic mass is 9.95. The van der Waals surface area contributed by atoms with Crippen LogP contribution in [0.2, 0.25) is 10.0 Å². The number of benzene rings is 2. The third-order valence-corrected chi connectivity index (χ3v) is 6.79. The number of nitrogens with zero attached hydrogens (tertiary/aromatic N) is 1. The number of nitrogens with one attached hydrogen (secondary N) is 1. The summed E-state index contributed by atoms with van der Waals surface area (Å²) in [5.41, 5.74) is 1.89. The molecular weight excluding hydrogens is 443 g/mol. The molecule has 32 heavy (non-hydrogen) atoms. The number of hydrogen-bond acceptors (Lipinski definition) is 2. The lowest BCUT2D eigenvalue weighted by Crippen LogP contribution is -2.51. The Kier molecular flexibility index (Phi) is 9.43. The Balaban J connectivity index is 1.75. The number of hydrogen-bond donors (Lipinski definition) is 1. The Morgan fingerprint density at radius 3 is 2.38 bits per heavy atom. The molecule has 0 bridgehead atoms. The molecule has 0 spiro atoms. The van der Waals surface area contributed by atoms with Crippen molar-refractivity contribution in [3.05, 3.63) is 69.7 Å². The SMILES string of the molecule is CC[C@@H](C(=O)NC1CCCCC1)N(Cc1ccc(Cl)cc1)C(=O)CCc1ccccc1Cl. The van der Waals surface area contributed by atoms with Crippen LogP contribution in [0.3, 0.4) is 0 Å². The van der Waals surface area contributed by atoms with Gasteiger partial charge in [-0.05, 0) is 55.0 Å². The Bertz CT molecular complexity index is 895. The molecule has 1 N–H and O–H groups in total. The van der Waals surface area contributed by atoms with Gasteiger partial charge in [0, 0.05) is 29.1 Å². The molecule has 0 aromatic heterocycles. The molecule has 0 radical (unpaired) electrons. The van der Waals surface area contributed by atoms with E-state index in [4.69, 9.17) is 23.2 Å². The first-order valence-electron chi connectivity index (χ1n) is 11.6. The van der Waals surface area contributed by atoms with Crippen molar-refractivity contribution in [2.45, 2.75) is 76.9 Å². The molecule has 1 aliphatic carbocycles. The summed E-state index contributed by atoms with van der Waals surface area (Å²) in [6.07, 6.45) is 6.94. The molecule has 2 amide bonds. The largest absolute Gasteiger partial charge is 0.352 e. The van der Waals surface area contributed by atoms with Crippen molar-refractivity contribution in [3.8, 4) is 0 Å². The fraction of sp³-hybridized carbons (Fsp3) is 0.462. The van der Waals surface area contributed by atoms with Gasteiger partial charge in [0.2, 0.25) is 11.8 Å². The summed E-state index contributed by atoms with van der Waals surface area (Å²) >= 11 is 12.3. The third kappa shape index (κ3) is 6.98. The van der Waals surface area contributed by atoms with Gasteiger partial charge in [0.15, 0.2) is 0 Å². The van der Waals surface area contributed by atoms with Crippen LogP contribution in [0, 0.1) is 0 Å². The fourth-order valence-corrected chi connectivity index (χ4v) is 4.69. The smallest absolute Gasteiger partial charge is 0.243 e. The second kappa shape index (κ2) is 12.3. The highest BCUT2D eigenvalue weighted by atomic mass is 35.5. The van der Waals surface area contributed by atoms with Crippen LogP contribution in [0.15, 0.2) is 48.5 Å².